The third-order valence-corrected chi connectivity index (χ3v) is 1.52. The molecule has 1 amide bonds. The Morgan fingerprint density at radius 3 is 2.50 bits per heavy atom. The summed E-state index contributed by atoms with van der Waals surface area (Å²) in [5.41, 5.74) is 4.76. The van der Waals surface area contributed by atoms with Crippen LogP contribution in [0.2, 0.25) is 0 Å². The van der Waals surface area contributed by atoms with Gasteiger partial charge in [-0.05, 0) is 0 Å². The molecule has 0 fully saturated rings. The fourth-order valence-corrected chi connectivity index (χ4v) is 0.739. The molecule has 82 valence electrons. The Morgan fingerprint density at radius 1 is 1.57 bits per heavy atom. The third-order valence-electron chi connectivity index (χ3n) is 1.52. The lowest BCUT2D eigenvalue weighted by Crippen LogP contribution is -2.46. The summed E-state index contributed by atoms with van der Waals surface area (Å²) in [6, 6.07) is -0.964. The van der Waals surface area contributed by atoms with Crippen molar-refractivity contribution in [3.8, 4) is 0 Å². The van der Waals surface area contributed by atoms with Crippen LogP contribution in [0.3, 0.4) is 0 Å². The normalized spacial score (nSPS) is 14.7. The zero-order chi connectivity index (χ0) is 11.1. The van der Waals surface area contributed by atoms with Gasteiger partial charge in [0.15, 0.2) is 0 Å². The minimum absolute atomic E-state index is 0.0547. The number of hydrogen-bond acceptors (Lipinski definition) is 5. The Hall–Kier alpha value is -1.18. The SMILES string of the molecule is COCC(NCC(O)C(N)=O)C(=O)O. The van der Waals surface area contributed by atoms with E-state index in [1.807, 2.05) is 0 Å². The van der Waals surface area contributed by atoms with Gasteiger partial charge in [0.05, 0.1) is 6.61 Å². The molecule has 0 saturated carbocycles. The molecule has 14 heavy (non-hydrogen) atoms. The van der Waals surface area contributed by atoms with E-state index in [1.165, 1.54) is 7.11 Å². The molecule has 0 heterocycles. The van der Waals surface area contributed by atoms with E-state index in [-0.39, 0.29) is 13.2 Å². The average molecular weight is 206 g/mol. The number of methoxy groups -OCH3 is 1. The first-order chi connectivity index (χ1) is 6.49. The topological polar surface area (TPSA) is 122 Å². The monoisotopic (exact) mass is 206 g/mol. The van der Waals surface area contributed by atoms with Crippen molar-refractivity contribution in [2.45, 2.75) is 12.1 Å². The first kappa shape index (κ1) is 12.8. The van der Waals surface area contributed by atoms with Gasteiger partial charge < -0.3 is 20.7 Å². The summed E-state index contributed by atoms with van der Waals surface area (Å²) >= 11 is 0. The van der Waals surface area contributed by atoms with Crippen molar-refractivity contribution in [3.63, 3.8) is 0 Å². The second-order valence-corrected chi connectivity index (χ2v) is 2.67. The van der Waals surface area contributed by atoms with E-state index in [2.05, 4.69) is 10.1 Å². The van der Waals surface area contributed by atoms with E-state index >= 15 is 0 Å². The summed E-state index contributed by atoms with van der Waals surface area (Å²) in [5.74, 6) is -2.03. The van der Waals surface area contributed by atoms with Crippen molar-refractivity contribution in [1.29, 1.82) is 0 Å². The number of nitrogens with two attached hydrogens (primary N) is 1. The van der Waals surface area contributed by atoms with Gasteiger partial charge >= 0.3 is 5.97 Å². The molecule has 0 aliphatic rings. The first-order valence-corrected chi connectivity index (χ1v) is 3.91. The maximum Gasteiger partial charge on any atom is 0.323 e. The summed E-state index contributed by atoms with van der Waals surface area (Å²) in [7, 11) is 1.35. The maximum absolute atomic E-state index is 10.5. The molecule has 0 aromatic carbocycles. The maximum atomic E-state index is 10.5. The van der Waals surface area contributed by atoms with Crippen molar-refractivity contribution in [1.82, 2.24) is 5.32 Å². The first-order valence-electron chi connectivity index (χ1n) is 3.91. The Bertz CT molecular complexity index is 208. The highest BCUT2D eigenvalue weighted by atomic mass is 16.5. The van der Waals surface area contributed by atoms with E-state index < -0.39 is 24.0 Å². The highest BCUT2D eigenvalue weighted by Gasteiger charge is 2.19. The van der Waals surface area contributed by atoms with Crippen LogP contribution in [0.1, 0.15) is 0 Å². The standard InChI is InChI=1S/C7H14N2O5/c1-14-3-4(7(12)13)9-2-5(10)6(8)11/h4-5,9-10H,2-3H2,1H3,(H2,8,11)(H,12,13). The number of hydrogen-bond donors (Lipinski definition) is 4. The Kier molecular flexibility index (Phi) is 5.77. The Balaban J connectivity index is 3.93. The fourth-order valence-electron chi connectivity index (χ4n) is 0.739. The van der Waals surface area contributed by atoms with Crippen LogP contribution >= 0.6 is 0 Å². The lowest BCUT2D eigenvalue weighted by atomic mass is 10.2. The Labute approximate surface area is 80.8 Å². The molecule has 0 saturated heterocycles. The van der Waals surface area contributed by atoms with Crippen molar-refractivity contribution < 1.29 is 24.5 Å². The summed E-state index contributed by atoms with van der Waals surface area (Å²) in [6.45, 7) is -0.267. The predicted octanol–water partition coefficient (Wildman–Crippen LogP) is -2.48. The molecule has 0 aliphatic heterocycles. The van der Waals surface area contributed by atoms with Gasteiger partial charge in [-0.2, -0.15) is 0 Å². The van der Waals surface area contributed by atoms with Gasteiger partial charge in [-0.1, -0.05) is 0 Å². The van der Waals surface area contributed by atoms with Crippen molar-refractivity contribution in [2.75, 3.05) is 20.3 Å². The number of rotatable bonds is 7. The third kappa shape index (κ3) is 4.75. The second kappa shape index (κ2) is 6.30. The summed E-state index contributed by atoms with van der Waals surface area (Å²) < 4.78 is 4.62. The molecular weight excluding hydrogens is 192 g/mol. The van der Waals surface area contributed by atoms with Gasteiger partial charge in [-0.15, -0.1) is 0 Å². The number of carbonyl (C=O) groups is 2. The van der Waals surface area contributed by atoms with Crippen LogP contribution in [0.15, 0.2) is 0 Å². The molecule has 0 aliphatic carbocycles. The van der Waals surface area contributed by atoms with Gasteiger partial charge in [0.1, 0.15) is 12.1 Å². The molecule has 5 N–H and O–H groups in total. The minimum atomic E-state index is -1.39. The molecule has 0 aromatic rings. The highest BCUT2D eigenvalue weighted by Crippen LogP contribution is 1.87. The van der Waals surface area contributed by atoms with Crippen LogP contribution in [-0.4, -0.2) is 54.5 Å². The molecule has 2 atom stereocenters. The zero-order valence-corrected chi connectivity index (χ0v) is 7.77. The molecule has 0 radical (unpaired) electrons. The number of amides is 1. The van der Waals surface area contributed by atoms with Crippen LogP contribution in [0.5, 0.6) is 0 Å². The summed E-state index contributed by atoms with van der Waals surface area (Å²) in [4.78, 5) is 20.9. The predicted molar refractivity (Wildman–Crippen MR) is 46.5 cm³/mol. The summed E-state index contributed by atoms with van der Waals surface area (Å²) in [6.07, 6.45) is -1.39. The van der Waals surface area contributed by atoms with Crippen LogP contribution in [0, 0.1) is 0 Å². The smallest absolute Gasteiger partial charge is 0.323 e. The lowest BCUT2D eigenvalue weighted by Gasteiger charge is -2.14. The Morgan fingerprint density at radius 2 is 2.14 bits per heavy atom. The fraction of sp³-hybridized carbons (Fsp3) is 0.714. The number of nitrogens with one attached hydrogen (secondary N) is 1. The molecule has 0 rings (SSSR count). The van der Waals surface area contributed by atoms with Crippen molar-refractivity contribution in [3.05, 3.63) is 0 Å². The number of aliphatic hydroxyl groups excluding tert-OH is 1. The number of carboxylic acids is 1. The van der Waals surface area contributed by atoms with E-state index in [1.54, 1.807) is 0 Å². The molecule has 0 spiro atoms. The van der Waals surface area contributed by atoms with Crippen LogP contribution in [-0.2, 0) is 14.3 Å². The number of carboxylic acid groups (broad SMARTS) is 1. The zero-order valence-electron chi connectivity index (χ0n) is 7.77. The quantitative estimate of drug-likeness (QED) is 0.366. The van der Waals surface area contributed by atoms with Gasteiger partial charge in [0.25, 0.3) is 0 Å². The van der Waals surface area contributed by atoms with Crippen LogP contribution in [0.25, 0.3) is 0 Å². The van der Waals surface area contributed by atoms with E-state index in [0.29, 0.717) is 0 Å². The molecule has 0 aromatic heterocycles. The van der Waals surface area contributed by atoms with Gasteiger partial charge in [0, 0.05) is 13.7 Å². The van der Waals surface area contributed by atoms with Crippen LogP contribution < -0.4 is 11.1 Å². The molecular formula is C7H14N2O5. The summed E-state index contributed by atoms with van der Waals surface area (Å²) in [5, 5.41) is 20.0. The minimum Gasteiger partial charge on any atom is -0.480 e. The molecule has 0 bridgehead atoms. The van der Waals surface area contributed by atoms with Gasteiger partial charge in [-0.25, -0.2) is 0 Å². The molecule has 7 heteroatoms. The molecule has 2 unspecified atom stereocenters. The number of carbonyl (C=O) groups excluding carboxylic acids is 1. The van der Waals surface area contributed by atoms with E-state index in [9.17, 15) is 9.59 Å². The number of aliphatic carboxylic acids is 1. The number of ether oxygens (including phenoxy) is 1. The van der Waals surface area contributed by atoms with Crippen molar-refractivity contribution in [2.24, 2.45) is 5.73 Å². The lowest BCUT2D eigenvalue weighted by molar-refractivity contribution is -0.141. The molecule has 7 nitrogen and oxygen atoms in total. The van der Waals surface area contributed by atoms with Gasteiger partial charge in [-0.3, -0.25) is 14.9 Å². The average Bonchev–Trinajstić information content (AvgIpc) is 2.10. The van der Waals surface area contributed by atoms with E-state index in [0.717, 1.165) is 0 Å². The number of aliphatic hydroxyl groups is 1. The largest absolute Gasteiger partial charge is 0.480 e. The highest BCUT2D eigenvalue weighted by molar-refractivity contribution is 5.79. The van der Waals surface area contributed by atoms with E-state index in [4.69, 9.17) is 15.9 Å². The van der Waals surface area contributed by atoms with Gasteiger partial charge in [0.2, 0.25) is 5.91 Å². The van der Waals surface area contributed by atoms with Crippen LogP contribution in [0.4, 0.5) is 0 Å². The second-order valence-electron chi connectivity index (χ2n) is 2.67. The number of primary amides is 1. The van der Waals surface area contributed by atoms with Crippen molar-refractivity contribution >= 4 is 11.9 Å².